The van der Waals surface area contributed by atoms with Crippen LogP contribution in [0.5, 0.6) is 0 Å². The molecule has 0 aliphatic carbocycles. The maximum Gasteiger partial charge on any atom is 0.309 e. The number of thioether (sulfide) groups is 1. The number of benzene rings is 1. The number of rotatable bonds is 8. The first-order valence-corrected chi connectivity index (χ1v) is 7.99. The van der Waals surface area contributed by atoms with Gasteiger partial charge in [0, 0.05) is 12.1 Å². The lowest BCUT2D eigenvalue weighted by atomic mass is 10.1. The fourth-order valence-corrected chi connectivity index (χ4v) is 3.14. The molecular weight excluding hydrogens is 286 g/mol. The Morgan fingerprint density at radius 1 is 1.19 bits per heavy atom. The molecule has 5 heteroatoms. The number of ketones is 1. The monoisotopic (exact) mass is 305 g/mol. The van der Waals surface area contributed by atoms with Crippen molar-refractivity contribution in [2.75, 3.05) is 0 Å². The topological polar surface area (TPSA) is 66.4 Å². The van der Waals surface area contributed by atoms with E-state index in [2.05, 4.69) is 17.4 Å². The number of carboxylic acid groups (broad SMARTS) is 1. The summed E-state index contributed by atoms with van der Waals surface area (Å²) in [5.41, 5.74) is 1.92. The molecule has 1 atom stereocenters. The molecule has 0 radical (unpaired) electrons. The molecule has 2 N–H and O–H groups in total. The van der Waals surface area contributed by atoms with Crippen LogP contribution in [0.2, 0.25) is 0 Å². The summed E-state index contributed by atoms with van der Waals surface area (Å²) < 4.78 is 0. The quantitative estimate of drug-likeness (QED) is 0.723. The van der Waals surface area contributed by atoms with Crippen molar-refractivity contribution in [1.82, 2.24) is 5.32 Å². The van der Waals surface area contributed by atoms with E-state index in [1.807, 2.05) is 18.2 Å². The highest BCUT2D eigenvalue weighted by atomic mass is 32.2. The molecule has 4 nitrogen and oxygen atoms in total. The smallest absolute Gasteiger partial charge is 0.309 e. The number of nitrogens with one attached hydrogen (secondary N) is 1. The number of carbonyl (C=O) groups is 2. The fourth-order valence-electron chi connectivity index (χ4n) is 2.20. The number of hydrogen-bond acceptors (Lipinski definition) is 4. The number of aliphatic carboxylic acids is 1. The minimum atomic E-state index is -0.884. The molecule has 1 unspecified atom stereocenters. The molecule has 1 aliphatic heterocycles. The van der Waals surface area contributed by atoms with Gasteiger partial charge in [-0.15, -0.1) is 0 Å². The van der Waals surface area contributed by atoms with Gasteiger partial charge in [-0.3, -0.25) is 9.59 Å². The Kier molecular flexibility index (Phi) is 5.87. The van der Waals surface area contributed by atoms with Crippen LogP contribution in [0.15, 0.2) is 41.4 Å². The third kappa shape index (κ3) is 5.27. The van der Waals surface area contributed by atoms with Gasteiger partial charge in [0.15, 0.2) is 5.78 Å². The maximum absolute atomic E-state index is 12.0. The molecule has 1 aromatic carbocycles. The Balaban J connectivity index is 1.64. The van der Waals surface area contributed by atoms with Gasteiger partial charge in [-0.05, 0) is 30.2 Å². The predicted octanol–water partition coefficient (Wildman–Crippen LogP) is 2.95. The third-order valence-electron chi connectivity index (χ3n) is 3.28. The standard InChI is InChI=1S/C16H19NO3S/c18-14(16-17-13(11-21-16)10-15(19)20)9-5-4-8-12-6-2-1-3-7-12/h1-3,6-7,11,16-17H,4-5,8-10H2,(H,19,20). The van der Waals surface area contributed by atoms with E-state index in [9.17, 15) is 9.59 Å². The van der Waals surface area contributed by atoms with Crippen molar-refractivity contribution in [2.24, 2.45) is 0 Å². The molecule has 0 saturated heterocycles. The first-order chi connectivity index (χ1) is 10.1. The molecule has 0 bridgehead atoms. The fraction of sp³-hybridized carbons (Fsp3) is 0.375. The second-order valence-corrected chi connectivity index (χ2v) is 6.01. The van der Waals surface area contributed by atoms with E-state index in [4.69, 9.17) is 5.11 Å². The third-order valence-corrected chi connectivity index (χ3v) is 4.35. The summed E-state index contributed by atoms with van der Waals surface area (Å²) >= 11 is 1.37. The van der Waals surface area contributed by atoms with E-state index in [1.165, 1.54) is 17.3 Å². The van der Waals surface area contributed by atoms with Crippen molar-refractivity contribution < 1.29 is 14.7 Å². The van der Waals surface area contributed by atoms with Gasteiger partial charge in [0.25, 0.3) is 0 Å². The Bertz CT molecular complexity index is 528. The number of hydrogen-bond donors (Lipinski definition) is 2. The molecule has 2 rings (SSSR count). The van der Waals surface area contributed by atoms with Crippen molar-refractivity contribution in [2.45, 2.75) is 37.5 Å². The van der Waals surface area contributed by atoms with Crippen LogP contribution in [0.25, 0.3) is 0 Å². The SMILES string of the molecule is O=C(O)CC1=CSC(C(=O)CCCCc2ccccc2)N1. The van der Waals surface area contributed by atoms with E-state index in [0.29, 0.717) is 12.1 Å². The lowest BCUT2D eigenvalue weighted by Gasteiger charge is -2.11. The summed E-state index contributed by atoms with van der Waals surface area (Å²) in [6.07, 6.45) is 3.32. The van der Waals surface area contributed by atoms with Crippen LogP contribution in [0.1, 0.15) is 31.2 Å². The number of unbranched alkanes of at least 4 members (excludes halogenated alkanes) is 1. The molecular formula is C16H19NO3S. The Hall–Kier alpha value is -1.75. The highest BCUT2D eigenvalue weighted by molar-refractivity contribution is 8.03. The lowest BCUT2D eigenvalue weighted by Crippen LogP contribution is -2.29. The van der Waals surface area contributed by atoms with Gasteiger partial charge in [0.2, 0.25) is 0 Å². The van der Waals surface area contributed by atoms with Crippen LogP contribution >= 0.6 is 11.8 Å². The normalized spacial score (nSPS) is 17.1. The second-order valence-electron chi connectivity index (χ2n) is 5.03. The first-order valence-electron chi connectivity index (χ1n) is 7.04. The van der Waals surface area contributed by atoms with Gasteiger partial charge in [0.05, 0.1) is 6.42 Å². The summed E-state index contributed by atoms with van der Waals surface area (Å²) in [5, 5.41) is 13.1. The van der Waals surface area contributed by atoms with Crippen molar-refractivity contribution in [3.8, 4) is 0 Å². The van der Waals surface area contributed by atoms with E-state index in [0.717, 1.165) is 19.3 Å². The number of Topliss-reactive ketones (excluding diaryl/α,β-unsaturated/α-hetero) is 1. The Morgan fingerprint density at radius 2 is 1.95 bits per heavy atom. The van der Waals surface area contributed by atoms with E-state index >= 15 is 0 Å². The summed E-state index contributed by atoms with van der Waals surface area (Å²) in [5.74, 6) is -0.741. The van der Waals surface area contributed by atoms with Crippen molar-refractivity contribution in [1.29, 1.82) is 0 Å². The highest BCUT2D eigenvalue weighted by Gasteiger charge is 2.24. The molecule has 0 spiro atoms. The zero-order valence-corrected chi connectivity index (χ0v) is 12.6. The van der Waals surface area contributed by atoms with Crippen LogP contribution in [0.4, 0.5) is 0 Å². The second kappa shape index (κ2) is 7.88. The molecule has 0 aromatic heterocycles. The van der Waals surface area contributed by atoms with E-state index in [-0.39, 0.29) is 17.6 Å². The zero-order chi connectivity index (χ0) is 15.1. The predicted molar refractivity (Wildman–Crippen MR) is 83.9 cm³/mol. The van der Waals surface area contributed by atoms with Gasteiger partial charge in [0.1, 0.15) is 5.37 Å². The van der Waals surface area contributed by atoms with Crippen molar-refractivity contribution in [3.05, 3.63) is 47.0 Å². The van der Waals surface area contributed by atoms with Gasteiger partial charge < -0.3 is 10.4 Å². The van der Waals surface area contributed by atoms with Crippen LogP contribution in [-0.2, 0) is 16.0 Å². The highest BCUT2D eigenvalue weighted by Crippen LogP contribution is 2.24. The van der Waals surface area contributed by atoms with Gasteiger partial charge in [-0.1, -0.05) is 42.1 Å². The minimum Gasteiger partial charge on any atom is -0.481 e. The molecule has 0 saturated carbocycles. The van der Waals surface area contributed by atoms with Crippen molar-refractivity contribution in [3.63, 3.8) is 0 Å². The largest absolute Gasteiger partial charge is 0.481 e. The molecule has 1 aliphatic rings. The number of aryl methyl sites for hydroxylation is 1. The molecule has 112 valence electrons. The summed E-state index contributed by atoms with van der Waals surface area (Å²) in [6, 6.07) is 10.2. The Labute approximate surface area is 128 Å². The zero-order valence-electron chi connectivity index (χ0n) is 11.7. The van der Waals surface area contributed by atoms with E-state index in [1.54, 1.807) is 5.41 Å². The summed E-state index contributed by atoms with van der Waals surface area (Å²) in [4.78, 5) is 22.6. The average Bonchev–Trinajstić information content (AvgIpc) is 2.92. The summed E-state index contributed by atoms with van der Waals surface area (Å²) in [6.45, 7) is 0. The molecule has 0 amide bonds. The summed E-state index contributed by atoms with van der Waals surface area (Å²) in [7, 11) is 0. The number of carbonyl (C=O) groups excluding carboxylic acids is 1. The van der Waals surface area contributed by atoms with E-state index < -0.39 is 5.97 Å². The Morgan fingerprint density at radius 3 is 2.67 bits per heavy atom. The van der Waals surface area contributed by atoms with Gasteiger partial charge in [-0.25, -0.2) is 0 Å². The average molecular weight is 305 g/mol. The molecule has 21 heavy (non-hydrogen) atoms. The first kappa shape index (κ1) is 15.6. The van der Waals surface area contributed by atoms with Crippen LogP contribution in [0.3, 0.4) is 0 Å². The molecule has 1 aromatic rings. The van der Waals surface area contributed by atoms with Crippen LogP contribution in [-0.4, -0.2) is 22.2 Å². The maximum atomic E-state index is 12.0. The van der Waals surface area contributed by atoms with Gasteiger partial charge >= 0.3 is 5.97 Å². The van der Waals surface area contributed by atoms with Crippen molar-refractivity contribution >= 4 is 23.5 Å². The molecule has 1 heterocycles. The number of carboxylic acids is 1. The lowest BCUT2D eigenvalue weighted by molar-refractivity contribution is -0.136. The molecule has 0 fully saturated rings. The van der Waals surface area contributed by atoms with Crippen LogP contribution < -0.4 is 5.32 Å². The van der Waals surface area contributed by atoms with Crippen LogP contribution in [0, 0.1) is 0 Å². The van der Waals surface area contributed by atoms with Gasteiger partial charge in [-0.2, -0.15) is 0 Å². The minimum absolute atomic E-state index is 0.0508.